The lowest BCUT2D eigenvalue weighted by Crippen LogP contribution is -2.27. The van der Waals surface area contributed by atoms with Crippen molar-refractivity contribution in [1.29, 1.82) is 0 Å². The van der Waals surface area contributed by atoms with Crippen molar-refractivity contribution < 1.29 is 19.4 Å². The zero-order valence-corrected chi connectivity index (χ0v) is 14.9. The van der Waals surface area contributed by atoms with Gasteiger partial charge >= 0.3 is 0 Å². The van der Waals surface area contributed by atoms with Crippen LogP contribution in [0.3, 0.4) is 0 Å². The summed E-state index contributed by atoms with van der Waals surface area (Å²) in [6.07, 6.45) is 0. The van der Waals surface area contributed by atoms with Crippen molar-refractivity contribution in [3.05, 3.63) is 58.5 Å². The second kappa shape index (κ2) is 7.45. The van der Waals surface area contributed by atoms with Crippen LogP contribution in [0.1, 0.15) is 25.6 Å². The first-order valence-electron chi connectivity index (χ1n) is 7.98. The fourth-order valence-electron chi connectivity index (χ4n) is 2.48. The first-order chi connectivity index (χ1) is 12.4. The number of phenolic OH excluding ortho intramolecular Hbond substituents is 1. The second-order valence-corrected chi connectivity index (χ2v) is 6.89. The van der Waals surface area contributed by atoms with Gasteiger partial charge in [0.2, 0.25) is 5.91 Å². The molecule has 134 valence electrons. The maximum absolute atomic E-state index is 12.2. The monoisotopic (exact) mass is 370 g/mol. The highest BCUT2D eigenvalue weighted by molar-refractivity contribution is 7.20. The number of carbonyl (C=O) groups is 2. The largest absolute Gasteiger partial charge is 0.504 e. The van der Waals surface area contributed by atoms with E-state index in [1.54, 1.807) is 0 Å². The van der Waals surface area contributed by atoms with Gasteiger partial charge in [-0.15, -0.1) is 11.3 Å². The third-order valence-corrected chi connectivity index (χ3v) is 4.90. The minimum absolute atomic E-state index is 0.166. The molecular weight excluding hydrogens is 352 g/mol. The normalized spacial score (nSPS) is 10.7. The van der Waals surface area contributed by atoms with Crippen LogP contribution >= 0.6 is 11.3 Å². The Balaban J connectivity index is 1.54. The molecule has 6 nitrogen and oxygen atoms in total. The van der Waals surface area contributed by atoms with Crippen LogP contribution < -0.4 is 15.8 Å². The fraction of sp³-hybridized carbons (Fsp3) is 0.158. The number of aromatic hydroxyl groups is 1. The number of primary amides is 1. The molecule has 26 heavy (non-hydrogen) atoms. The zero-order valence-electron chi connectivity index (χ0n) is 14.1. The van der Waals surface area contributed by atoms with E-state index in [-0.39, 0.29) is 36.1 Å². The van der Waals surface area contributed by atoms with Gasteiger partial charge in [-0.3, -0.25) is 9.59 Å². The van der Waals surface area contributed by atoms with Gasteiger partial charge < -0.3 is 20.9 Å². The molecule has 0 aliphatic carbocycles. The SMILES string of the molecule is Cc1ccc2sc(C(=O)NCCOc3ccc(C(N)=O)cc3O)cc2c1. The highest BCUT2D eigenvalue weighted by atomic mass is 32.1. The van der Waals surface area contributed by atoms with Gasteiger partial charge in [0.15, 0.2) is 11.5 Å². The van der Waals surface area contributed by atoms with Crippen LogP contribution in [0.15, 0.2) is 42.5 Å². The summed E-state index contributed by atoms with van der Waals surface area (Å²) < 4.78 is 6.49. The Morgan fingerprint density at radius 3 is 2.73 bits per heavy atom. The number of hydrogen-bond acceptors (Lipinski definition) is 5. The number of amides is 2. The molecule has 3 aromatic rings. The van der Waals surface area contributed by atoms with Gasteiger partial charge in [-0.25, -0.2) is 0 Å². The number of fused-ring (bicyclic) bond motifs is 1. The molecule has 0 saturated carbocycles. The molecule has 4 N–H and O–H groups in total. The smallest absolute Gasteiger partial charge is 0.261 e. The highest BCUT2D eigenvalue weighted by Crippen LogP contribution is 2.27. The molecule has 1 aromatic heterocycles. The zero-order chi connectivity index (χ0) is 18.7. The molecule has 0 radical (unpaired) electrons. The predicted octanol–water partition coefficient (Wildman–Crippen LogP) is 2.82. The van der Waals surface area contributed by atoms with Crippen LogP contribution in [0.25, 0.3) is 10.1 Å². The number of ether oxygens (including phenoxy) is 1. The highest BCUT2D eigenvalue weighted by Gasteiger charge is 2.11. The van der Waals surface area contributed by atoms with E-state index in [4.69, 9.17) is 10.5 Å². The summed E-state index contributed by atoms with van der Waals surface area (Å²) in [5.74, 6) is -0.743. The first-order valence-corrected chi connectivity index (χ1v) is 8.80. The summed E-state index contributed by atoms with van der Waals surface area (Å²) in [5.41, 5.74) is 6.49. The molecule has 0 aliphatic heterocycles. The predicted molar refractivity (Wildman–Crippen MR) is 101 cm³/mol. The lowest BCUT2D eigenvalue weighted by molar-refractivity contribution is 0.0949. The van der Waals surface area contributed by atoms with Crippen molar-refractivity contribution in [2.24, 2.45) is 5.73 Å². The maximum Gasteiger partial charge on any atom is 0.261 e. The number of phenols is 1. The lowest BCUT2D eigenvalue weighted by Gasteiger charge is -2.09. The van der Waals surface area contributed by atoms with Gasteiger partial charge in [0.25, 0.3) is 5.91 Å². The third kappa shape index (κ3) is 3.94. The van der Waals surface area contributed by atoms with Crippen molar-refractivity contribution in [3.63, 3.8) is 0 Å². The first kappa shape index (κ1) is 17.8. The molecule has 0 spiro atoms. The van der Waals surface area contributed by atoms with Gasteiger partial charge in [-0.1, -0.05) is 17.7 Å². The molecule has 3 rings (SSSR count). The van der Waals surface area contributed by atoms with Gasteiger partial charge in [-0.05, 0) is 42.6 Å². The number of nitrogens with one attached hydrogen (secondary N) is 1. The summed E-state index contributed by atoms with van der Waals surface area (Å²) in [6.45, 7) is 2.47. The Morgan fingerprint density at radius 2 is 2.00 bits per heavy atom. The van der Waals surface area contributed by atoms with E-state index in [0.29, 0.717) is 4.88 Å². The van der Waals surface area contributed by atoms with Crippen LogP contribution in [0.4, 0.5) is 0 Å². The van der Waals surface area contributed by atoms with Gasteiger partial charge in [0.1, 0.15) is 6.61 Å². The standard InChI is InChI=1S/C19H18N2O4S/c1-11-2-5-16-13(8-11)10-17(26-16)19(24)21-6-7-25-15-4-3-12(18(20)23)9-14(15)22/h2-5,8-10,22H,6-7H2,1H3,(H2,20,23)(H,21,24). The molecule has 0 unspecified atom stereocenters. The molecular formula is C19H18N2O4S. The van der Waals surface area contributed by atoms with E-state index in [2.05, 4.69) is 5.32 Å². The number of carbonyl (C=O) groups excluding carboxylic acids is 2. The molecule has 7 heteroatoms. The summed E-state index contributed by atoms with van der Waals surface area (Å²) in [7, 11) is 0. The van der Waals surface area contributed by atoms with Crippen LogP contribution in [-0.4, -0.2) is 30.1 Å². The quantitative estimate of drug-likeness (QED) is 0.581. The number of rotatable bonds is 6. The summed E-state index contributed by atoms with van der Waals surface area (Å²) in [5, 5.41) is 13.6. The van der Waals surface area contributed by atoms with Gasteiger partial charge in [0, 0.05) is 10.3 Å². The van der Waals surface area contributed by atoms with Crippen molar-refractivity contribution >= 4 is 33.2 Å². The van der Waals surface area contributed by atoms with E-state index < -0.39 is 5.91 Å². The second-order valence-electron chi connectivity index (χ2n) is 5.80. The number of nitrogens with two attached hydrogens (primary N) is 1. The molecule has 2 aromatic carbocycles. The maximum atomic E-state index is 12.2. The van der Waals surface area contributed by atoms with Crippen molar-refractivity contribution in [2.45, 2.75) is 6.92 Å². The van der Waals surface area contributed by atoms with E-state index in [0.717, 1.165) is 15.6 Å². The Kier molecular flexibility index (Phi) is 5.09. The topological polar surface area (TPSA) is 102 Å². The average Bonchev–Trinajstić information content (AvgIpc) is 3.02. The van der Waals surface area contributed by atoms with E-state index in [1.807, 2.05) is 31.2 Å². The van der Waals surface area contributed by atoms with Crippen LogP contribution in [0, 0.1) is 6.92 Å². The van der Waals surface area contributed by atoms with Gasteiger partial charge in [0.05, 0.1) is 11.4 Å². The number of hydrogen-bond donors (Lipinski definition) is 3. The number of aryl methyl sites for hydroxylation is 1. The Bertz CT molecular complexity index is 981. The summed E-state index contributed by atoms with van der Waals surface area (Å²) in [4.78, 5) is 23.9. The van der Waals surface area contributed by atoms with Crippen LogP contribution in [-0.2, 0) is 0 Å². The summed E-state index contributed by atoms with van der Waals surface area (Å²) in [6, 6.07) is 12.1. The number of thiophene rings is 1. The minimum atomic E-state index is -0.627. The molecule has 0 saturated heterocycles. The third-order valence-electron chi connectivity index (χ3n) is 3.78. The molecule has 0 atom stereocenters. The molecule has 0 fully saturated rings. The molecule has 1 heterocycles. The van der Waals surface area contributed by atoms with Crippen LogP contribution in [0.2, 0.25) is 0 Å². The van der Waals surface area contributed by atoms with E-state index in [1.165, 1.54) is 29.5 Å². The van der Waals surface area contributed by atoms with Gasteiger partial charge in [-0.2, -0.15) is 0 Å². The minimum Gasteiger partial charge on any atom is -0.504 e. The van der Waals surface area contributed by atoms with E-state index >= 15 is 0 Å². The fourth-order valence-corrected chi connectivity index (χ4v) is 3.44. The van der Waals surface area contributed by atoms with E-state index in [9.17, 15) is 14.7 Å². The number of benzene rings is 2. The van der Waals surface area contributed by atoms with Crippen LogP contribution in [0.5, 0.6) is 11.5 Å². The average molecular weight is 370 g/mol. The summed E-state index contributed by atoms with van der Waals surface area (Å²) >= 11 is 1.44. The Morgan fingerprint density at radius 1 is 1.19 bits per heavy atom. The molecule has 0 aliphatic rings. The van der Waals surface area contributed by atoms with Crippen molar-refractivity contribution in [3.8, 4) is 11.5 Å². The Hall–Kier alpha value is -3.06. The Labute approximate surface area is 154 Å². The van der Waals surface area contributed by atoms with Crippen molar-refractivity contribution in [2.75, 3.05) is 13.2 Å². The molecule has 2 amide bonds. The molecule has 0 bridgehead atoms. The lowest BCUT2D eigenvalue weighted by atomic mass is 10.2. The van der Waals surface area contributed by atoms with Crippen molar-refractivity contribution in [1.82, 2.24) is 5.32 Å².